The van der Waals surface area contributed by atoms with Crippen molar-refractivity contribution in [3.8, 4) is 5.75 Å². The first-order valence-corrected chi connectivity index (χ1v) is 7.09. The number of benzene rings is 2. The van der Waals surface area contributed by atoms with Crippen molar-refractivity contribution in [2.75, 3.05) is 0 Å². The second-order valence-electron chi connectivity index (χ2n) is 4.71. The second kappa shape index (κ2) is 6.22. The molecule has 2 N–H and O–H groups in total. The molecule has 0 aliphatic heterocycles. The predicted molar refractivity (Wildman–Crippen MR) is 82.3 cm³/mol. The third-order valence-corrected chi connectivity index (χ3v) is 3.77. The van der Waals surface area contributed by atoms with Gasteiger partial charge in [-0.3, -0.25) is 0 Å². The fraction of sp³-hybridized carbons (Fsp3) is 0.250. The zero-order valence-corrected chi connectivity index (χ0v) is 12.8. The van der Waals surface area contributed by atoms with Crippen molar-refractivity contribution in [2.24, 2.45) is 5.73 Å². The monoisotopic (exact) mass is 319 g/mol. The normalized spacial score (nSPS) is 12.2. The summed E-state index contributed by atoms with van der Waals surface area (Å²) in [6.45, 7) is 4.56. The summed E-state index contributed by atoms with van der Waals surface area (Å²) < 4.78 is 6.97. The highest BCUT2D eigenvalue weighted by Crippen LogP contribution is 2.26. The first kappa shape index (κ1) is 14.1. The molecular weight excluding hydrogens is 302 g/mol. The number of halogens is 1. The molecule has 0 amide bonds. The Hall–Kier alpha value is -1.32. The number of ether oxygens (including phenoxy) is 1. The molecule has 3 heteroatoms. The summed E-state index contributed by atoms with van der Waals surface area (Å²) in [7, 11) is 0. The van der Waals surface area contributed by atoms with E-state index in [0.29, 0.717) is 6.61 Å². The molecule has 2 rings (SSSR count). The molecule has 0 radical (unpaired) electrons. The van der Waals surface area contributed by atoms with Gasteiger partial charge in [-0.05, 0) is 26.0 Å². The van der Waals surface area contributed by atoms with Gasteiger partial charge in [-0.15, -0.1) is 0 Å². The zero-order valence-electron chi connectivity index (χ0n) is 11.2. The lowest BCUT2D eigenvalue weighted by atomic mass is 10.1. The summed E-state index contributed by atoms with van der Waals surface area (Å²) in [4.78, 5) is 0. The maximum atomic E-state index is 5.99. The van der Waals surface area contributed by atoms with Crippen molar-refractivity contribution in [1.82, 2.24) is 0 Å². The van der Waals surface area contributed by atoms with E-state index in [9.17, 15) is 0 Å². The van der Waals surface area contributed by atoms with Gasteiger partial charge in [0.2, 0.25) is 0 Å². The molecule has 0 aliphatic carbocycles. The highest BCUT2D eigenvalue weighted by molar-refractivity contribution is 9.10. The second-order valence-corrected chi connectivity index (χ2v) is 5.56. The van der Waals surface area contributed by atoms with Crippen LogP contribution >= 0.6 is 15.9 Å². The van der Waals surface area contributed by atoms with E-state index in [1.54, 1.807) is 0 Å². The third kappa shape index (κ3) is 3.58. The summed E-state index contributed by atoms with van der Waals surface area (Å²) in [5.74, 6) is 0.858. The van der Waals surface area contributed by atoms with Crippen LogP contribution in [0.3, 0.4) is 0 Å². The van der Waals surface area contributed by atoms with Crippen LogP contribution in [-0.2, 0) is 6.61 Å². The van der Waals surface area contributed by atoms with Crippen LogP contribution in [0.25, 0.3) is 0 Å². The summed E-state index contributed by atoms with van der Waals surface area (Å²) in [5, 5.41) is 0. The predicted octanol–water partition coefficient (Wildman–Crippen LogP) is 4.36. The van der Waals surface area contributed by atoms with Gasteiger partial charge in [0.25, 0.3) is 0 Å². The standard InChI is InChI=1S/C16H18BrNO/c1-11-7-8-16(14(9-11)12(2)18)19-10-13-5-3-4-6-15(13)17/h3-9,12H,10,18H2,1-2H3/t12-/m1/s1. The van der Waals surface area contributed by atoms with E-state index in [4.69, 9.17) is 10.5 Å². The molecule has 0 aromatic heterocycles. The van der Waals surface area contributed by atoms with E-state index in [1.807, 2.05) is 43.3 Å². The number of rotatable bonds is 4. The van der Waals surface area contributed by atoms with Crippen molar-refractivity contribution >= 4 is 15.9 Å². The van der Waals surface area contributed by atoms with Crippen molar-refractivity contribution in [2.45, 2.75) is 26.5 Å². The molecule has 19 heavy (non-hydrogen) atoms. The minimum absolute atomic E-state index is 0.0332. The molecule has 0 bridgehead atoms. The molecule has 0 saturated heterocycles. The number of nitrogens with two attached hydrogens (primary N) is 1. The van der Waals surface area contributed by atoms with Gasteiger partial charge in [0.1, 0.15) is 12.4 Å². The number of aryl methyl sites for hydroxylation is 1. The topological polar surface area (TPSA) is 35.2 Å². The quantitative estimate of drug-likeness (QED) is 0.908. The number of hydrogen-bond acceptors (Lipinski definition) is 2. The minimum atomic E-state index is -0.0332. The van der Waals surface area contributed by atoms with Crippen LogP contribution in [0.15, 0.2) is 46.9 Å². The Morgan fingerprint density at radius 1 is 1.21 bits per heavy atom. The van der Waals surface area contributed by atoms with Crippen molar-refractivity contribution in [1.29, 1.82) is 0 Å². The Morgan fingerprint density at radius 3 is 2.63 bits per heavy atom. The van der Waals surface area contributed by atoms with E-state index in [0.717, 1.165) is 21.3 Å². The third-order valence-electron chi connectivity index (χ3n) is 3.00. The molecule has 0 unspecified atom stereocenters. The Balaban J connectivity index is 2.18. The molecule has 2 aromatic rings. The lowest BCUT2D eigenvalue weighted by Crippen LogP contribution is -2.08. The van der Waals surface area contributed by atoms with Gasteiger partial charge in [0.05, 0.1) is 0 Å². The Morgan fingerprint density at radius 2 is 1.95 bits per heavy atom. The van der Waals surface area contributed by atoms with Crippen LogP contribution in [0, 0.1) is 6.92 Å². The molecule has 2 nitrogen and oxygen atoms in total. The molecule has 100 valence electrons. The average molecular weight is 320 g/mol. The highest BCUT2D eigenvalue weighted by Gasteiger charge is 2.09. The highest BCUT2D eigenvalue weighted by atomic mass is 79.9. The van der Waals surface area contributed by atoms with Crippen LogP contribution in [0.2, 0.25) is 0 Å². The van der Waals surface area contributed by atoms with Crippen molar-refractivity contribution in [3.05, 3.63) is 63.6 Å². The number of hydrogen-bond donors (Lipinski definition) is 1. The lowest BCUT2D eigenvalue weighted by molar-refractivity contribution is 0.300. The summed E-state index contributed by atoms with van der Waals surface area (Å²) in [6.07, 6.45) is 0. The van der Waals surface area contributed by atoms with Gasteiger partial charge in [-0.2, -0.15) is 0 Å². The van der Waals surface area contributed by atoms with E-state index >= 15 is 0 Å². The molecule has 2 aromatic carbocycles. The SMILES string of the molecule is Cc1ccc(OCc2ccccc2Br)c([C@@H](C)N)c1. The van der Waals surface area contributed by atoms with Crippen LogP contribution in [0.4, 0.5) is 0 Å². The fourth-order valence-electron chi connectivity index (χ4n) is 1.93. The molecule has 0 heterocycles. The van der Waals surface area contributed by atoms with Crippen molar-refractivity contribution in [3.63, 3.8) is 0 Å². The minimum Gasteiger partial charge on any atom is -0.489 e. The van der Waals surface area contributed by atoms with Gasteiger partial charge in [0.15, 0.2) is 0 Å². The van der Waals surface area contributed by atoms with Gasteiger partial charge in [-0.1, -0.05) is 51.8 Å². The Kier molecular flexibility index (Phi) is 4.61. The molecule has 1 atom stereocenters. The van der Waals surface area contributed by atoms with Gasteiger partial charge in [-0.25, -0.2) is 0 Å². The maximum Gasteiger partial charge on any atom is 0.124 e. The molecule has 0 aliphatic rings. The van der Waals surface area contributed by atoms with E-state index < -0.39 is 0 Å². The van der Waals surface area contributed by atoms with Crippen LogP contribution in [0.5, 0.6) is 5.75 Å². The molecular formula is C16H18BrNO. The average Bonchev–Trinajstić information content (AvgIpc) is 2.38. The molecule has 0 saturated carbocycles. The first-order valence-electron chi connectivity index (χ1n) is 6.30. The first-order chi connectivity index (χ1) is 9.08. The van der Waals surface area contributed by atoms with E-state index in [2.05, 4.69) is 28.9 Å². The zero-order chi connectivity index (χ0) is 13.8. The van der Waals surface area contributed by atoms with Gasteiger partial charge in [0, 0.05) is 21.6 Å². The van der Waals surface area contributed by atoms with Crippen LogP contribution in [0.1, 0.15) is 29.7 Å². The fourth-order valence-corrected chi connectivity index (χ4v) is 2.33. The van der Waals surface area contributed by atoms with Crippen LogP contribution in [-0.4, -0.2) is 0 Å². The van der Waals surface area contributed by atoms with Gasteiger partial charge < -0.3 is 10.5 Å². The Bertz CT molecular complexity index is 566. The smallest absolute Gasteiger partial charge is 0.124 e. The van der Waals surface area contributed by atoms with E-state index in [1.165, 1.54) is 5.56 Å². The lowest BCUT2D eigenvalue weighted by Gasteiger charge is -2.15. The summed E-state index contributed by atoms with van der Waals surface area (Å²) in [5.41, 5.74) is 9.36. The maximum absolute atomic E-state index is 5.99. The molecule has 0 spiro atoms. The largest absolute Gasteiger partial charge is 0.489 e. The van der Waals surface area contributed by atoms with Crippen molar-refractivity contribution < 1.29 is 4.74 Å². The Labute approximate surface area is 122 Å². The van der Waals surface area contributed by atoms with E-state index in [-0.39, 0.29) is 6.04 Å². The van der Waals surface area contributed by atoms with Crippen LogP contribution < -0.4 is 10.5 Å². The summed E-state index contributed by atoms with van der Waals surface area (Å²) in [6, 6.07) is 14.1. The summed E-state index contributed by atoms with van der Waals surface area (Å²) >= 11 is 3.52. The van der Waals surface area contributed by atoms with Gasteiger partial charge >= 0.3 is 0 Å². The molecule has 0 fully saturated rings.